The third-order valence-electron chi connectivity index (χ3n) is 2.06. The van der Waals surface area contributed by atoms with E-state index in [1.807, 2.05) is 0 Å². The molecule has 0 unspecified atom stereocenters. The summed E-state index contributed by atoms with van der Waals surface area (Å²) < 4.78 is 5.18. The van der Waals surface area contributed by atoms with Crippen molar-refractivity contribution in [2.45, 2.75) is 5.41 Å². The molecule has 0 bridgehead atoms. The average Bonchev–Trinajstić information content (AvgIpc) is 2.39. The van der Waals surface area contributed by atoms with Gasteiger partial charge in [-0.25, -0.2) is 0 Å². The van der Waals surface area contributed by atoms with E-state index >= 15 is 0 Å². The highest BCUT2D eigenvalue weighted by Gasteiger charge is 2.40. The van der Waals surface area contributed by atoms with E-state index in [4.69, 9.17) is 16.3 Å². The van der Waals surface area contributed by atoms with E-state index in [0.29, 0.717) is 5.88 Å². The fraction of sp³-hybridized carbons (Fsp3) is 0.500. The third-order valence-corrected chi connectivity index (χ3v) is 3.68. The van der Waals surface area contributed by atoms with Crippen LogP contribution in [-0.4, -0.2) is 19.1 Å². The number of hydrogen-bond donors (Lipinski definition) is 0. The zero-order valence-corrected chi connectivity index (χ0v) is 7.62. The van der Waals surface area contributed by atoms with E-state index in [-0.39, 0.29) is 5.41 Å². The predicted octanol–water partition coefficient (Wildman–Crippen LogP) is 2.25. The number of hydrogen-bond acceptors (Lipinski definition) is 2. The van der Waals surface area contributed by atoms with Crippen molar-refractivity contribution in [2.24, 2.45) is 0 Å². The number of halogens is 1. The Morgan fingerprint density at radius 1 is 1.64 bits per heavy atom. The molecule has 1 aromatic heterocycles. The molecule has 2 heterocycles. The maximum absolute atomic E-state index is 5.88. The van der Waals surface area contributed by atoms with Gasteiger partial charge in [0, 0.05) is 10.8 Å². The van der Waals surface area contributed by atoms with Crippen molar-refractivity contribution in [3.05, 3.63) is 22.4 Å². The summed E-state index contributed by atoms with van der Waals surface area (Å²) >= 11 is 7.64. The first-order valence-electron chi connectivity index (χ1n) is 3.55. The molecule has 3 heteroatoms. The Kier molecular flexibility index (Phi) is 1.91. The fourth-order valence-electron chi connectivity index (χ4n) is 1.21. The van der Waals surface area contributed by atoms with Gasteiger partial charge < -0.3 is 4.74 Å². The van der Waals surface area contributed by atoms with Gasteiger partial charge in [-0.1, -0.05) is 6.07 Å². The van der Waals surface area contributed by atoms with Crippen molar-refractivity contribution < 1.29 is 4.74 Å². The van der Waals surface area contributed by atoms with E-state index in [0.717, 1.165) is 13.2 Å². The predicted molar refractivity (Wildman–Crippen MR) is 47.5 cm³/mol. The molecule has 1 fully saturated rings. The Hall–Kier alpha value is -0.0500. The molecule has 0 spiro atoms. The van der Waals surface area contributed by atoms with Crippen LogP contribution < -0.4 is 0 Å². The molecule has 2 rings (SSSR count). The van der Waals surface area contributed by atoms with Gasteiger partial charge in [0.25, 0.3) is 0 Å². The third kappa shape index (κ3) is 1.10. The lowest BCUT2D eigenvalue weighted by atomic mass is 9.87. The molecule has 0 saturated carbocycles. The van der Waals surface area contributed by atoms with E-state index in [2.05, 4.69) is 17.5 Å². The van der Waals surface area contributed by atoms with Crippen LogP contribution in [0.1, 0.15) is 4.88 Å². The number of thiophene rings is 1. The Bertz CT molecular complexity index is 223. The molecule has 0 atom stereocenters. The quantitative estimate of drug-likeness (QED) is 0.647. The topological polar surface area (TPSA) is 9.23 Å². The van der Waals surface area contributed by atoms with Gasteiger partial charge in [-0.3, -0.25) is 0 Å². The summed E-state index contributed by atoms with van der Waals surface area (Å²) in [5.74, 6) is 0.674. The Balaban J connectivity index is 2.25. The first-order chi connectivity index (χ1) is 5.37. The highest BCUT2D eigenvalue weighted by molar-refractivity contribution is 7.10. The van der Waals surface area contributed by atoms with Crippen molar-refractivity contribution in [3.63, 3.8) is 0 Å². The molecule has 0 aromatic carbocycles. The van der Waals surface area contributed by atoms with Crippen molar-refractivity contribution in [2.75, 3.05) is 19.1 Å². The van der Waals surface area contributed by atoms with Crippen LogP contribution in [-0.2, 0) is 10.2 Å². The minimum atomic E-state index is 0.149. The number of ether oxygens (including phenoxy) is 1. The van der Waals surface area contributed by atoms with Crippen LogP contribution in [0, 0.1) is 0 Å². The largest absolute Gasteiger partial charge is 0.379 e. The first-order valence-corrected chi connectivity index (χ1v) is 4.96. The Morgan fingerprint density at radius 2 is 2.45 bits per heavy atom. The molecule has 1 aliphatic heterocycles. The molecule has 0 aliphatic carbocycles. The van der Waals surface area contributed by atoms with Gasteiger partial charge in [-0.2, -0.15) is 0 Å². The molecule has 0 N–H and O–H groups in total. The van der Waals surface area contributed by atoms with Gasteiger partial charge in [0.1, 0.15) is 0 Å². The van der Waals surface area contributed by atoms with Gasteiger partial charge in [-0.05, 0) is 11.4 Å². The minimum Gasteiger partial charge on any atom is -0.379 e. The number of alkyl halides is 1. The summed E-state index contributed by atoms with van der Waals surface area (Å²) in [6, 6.07) is 4.20. The highest BCUT2D eigenvalue weighted by atomic mass is 35.5. The van der Waals surface area contributed by atoms with Crippen LogP contribution in [0.3, 0.4) is 0 Å². The summed E-state index contributed by atoms with van der Waals surface area (Å²) in [7, 11) is 0. The van der Waals surface area contributed by atoms with Gasteiger partial charge in [0.2, 0.25) is 0 Å². The molecular formula is C8H9ClOS. The standard InChI is InChI=1S/C8H9ClOS/c9-4-8(5-10-6-8)7-2-1-3-11-7/h1-3H,4-6H2. The molecule has 0 amide bonds. The second-order valence-electron chi connectivity index (χ2n) is 2.88. The molecule has 60 valence electrons. The second-order valence-corrected chi connectivity index (χ2v) is 4.10. The van der Waals surface area contributed by atoms with Crippen LogP contribution in [0.15, 0.2) is 17.5 Å². The van der Waals surface area contributed by atoms with Crippen LogP contribution in [0.4, 0.5) is 0 Å². The molecule has 1 aliphatic rings. The molecule has 11 heavy (non-hydrogen) atoms. The van der Waals surface area contributed by atoms with Gasteiger partial charge in [-0.15, -0.1) is 22.9 Å². The van der Waals surface area contributed by atoms with Crippen molar-refractivity contribution in [1.82, 2.24) is 0 Å². The van der Waals surface area contributed by atoms with Gasteiger partial charge >= 0.3 is 0 Å². The summed E-state index contributed by atoms with van der Waals surface area (Å²) in [6.07, 6.45) is 0. The fourth-order valence-corrected chi connectivity index (χ4v) is 2.49. The molecular weight excluding hydrogens is 180 g/mol. The second kappa shape index (κ2) is 2.77. The van der Waals surface area contributed by atoms with Crippen molar-refractivity contribution in [3.8, 4) is 0 Å². The van der Waals surface area contributed by atoms with E-state index in [1.165, 1.54) is 4.88 Å². The van der Waals surface area contributed by atoms with Crippen LogP contribution in [0.5, 0.6) is 0 Å². The maximum Gasteiger partial charge on any atom is 0.0649 e. The lowest BCUT2D eigenvalue weighted by Crippen LogP contribution is -2.47. The Labute approximate surface area is 74.9 Å². The van der Waals surface area contributed by atoms with Crippen LogP contribution in [0.25, 0.3) is 0 Å². The van der Waals surface area contributed by atoms with Crippen molar-refractivity contribution >= 4 is 22.9 Å². The Morgan fingerprint density at radius 3 is 2.82 bits per heavy atom. The molecule has 1 aromatic rings. The summed E-state index contributed by atoms with van der Waals surface area (Å²) in [5.41, 5.74) is 0.149. The summed E-state index contributed by atoms with van der Waals surface area (Å²) in [6.45, 7) is 1.58. The zero-order chi connectivity index (χ0) is 7.73. The smallest absolute Gasteiger partial charge is 0.0649 e. The first kappa shape index (κ1) is 7.59. The monoisotopic (exact) mass is 188 g/mol. The van der Waals surface area contributed by atoms with Crippen LogP contribution >= 0.6 is 22.9 Å². The number of rotatable bonds is 2. The van der Waals surface area contributed by atoms with Gasteiger partial charge in [0.15, 0.2) is 0 Å². The van der Waals surface area contributed by atoms with Crippen molar-refractivity contribution in [1.29, 1.82) is 0 Å². The highest BCUT2D eigenvalue weighted by Crippen LogP contribution is 2.36. The van der Waals surface area contributed by atoms with Crippen LogP contribution in [0.2, 0.25) is 0 Å². The summed E-state index contributed by atoms with van der Waals surface area (Å²) in [4.78, 5) is 1.36. The molecule has 1 nitrogen and oxygen atoms in total. The zero-order valence-electron chi connectivity index (χ0n) is 6.05. The molecule has 1 saturated heterocycles. The maximum atomic E-state index is 5.88. The summed E-state index contributed by atoms with van der Waals surface area (Å²) in [5, 5.41) is 2.09. The SMILES string of the molecule is ClCC1(c2cccs2)COC1. The van der Waals surface area contributed by atoms with Gasteiger partial charge in [0.05, 0.1) is 18.6 Å². The average molecular weight is 189 g/mol. The molecule has 0 radical (unpaired) electrons. The normalized spacial score (nSPS) is 21.2. The van der Waals surface area contributed by atoms with E-state index < -0.39 is 0 Å². The lowest BCUT2D eigenvalue weighted by molar-refractivity contribution is -0.0461. The minimum absolute atomic E-state index is 0.149. The lowest BCUT2D eigenvalue weighted by Gasteiger charge is -2.39. The van der Waals surface area contributed by atoms with E-state index in [9.17, 15) is 0 Å². The van der Waals surface area contributed by atoms with E-state index in [1.54, 1.807) is 11.3 Å².